The highest BCUT2D eigenvalue weighted by atomic mass is 15.2. The molecule has 0 bridgehead atoms. The third kappa shape index (κ3) is 3.15. The number of aromatic nitrogens is 2. The van der Waals surface area contributed by atoms with Crippen LogP contribution in [0.15, 0.2) is 36.7 Å². The van der Waals surface area contributed by atoms with Gasteiger partial charge >= 0.3 is 0 Å². The summed E-state index contributed by atoms with van der Waals surface area (Å²) in [5.41, 5.74) is 8.32. The Morgan fingerprint density at radius 1 is 1.14 bits per heavy atom. The molecule has 1 aromatic heterocycles. The Labute approximate surface area is 126 Å². The summed E-state index contributed by atoms with van der Waals surface area (Å²) in [6, 6.07) is 10.8. The first-order valence-corrected chi connectivity index (χ1v) is 7.60. The highest BCUT2D eigenvalue weighted by molar-refractivity contribution is 5.55. The zero-order valence-corrected chi connectivity index (χ0v) is 12.5. The summed E-state index contributed by atoms with van der Waals surface area (Å²) in [5.74, 6) is 2.36. The zero-order valence-electron chi connectivity index (χ0n) is 12.5. The predicted molar refractivity (Wildman–Crippen MR) is 86.3 cm³/mol. The van der Waals surface area contributed by atoms with E-state index < -0.39 is 0 Å². The summed E-state index contributed by atoms with van der Waals surface area (Å²) >= 11 is 0. The molecule has 0 spiro atoms. The molecule has 1 fully saturated rings. The molecule has 0 saturated carbocycles. The molecule has 2 aromatic rings. The quantitative estimate of drug-likeness (QED) is 0.940. The number of nitrogen functional groups attached to an aromatic ring is 1. The van der Waals surface area contributed by atoms with Crippen molar-refractivity contribution < 1.29 is 0 Å². The van der Waals surface area contributed by atoms with Gasteiger partial charge in [0.15, 0.2) is 0 Å². The van der Waals surface area contributed by atoms with Gasteiger partial charge in [0.1, 0.15) is 18.0 Å². The molecular formula is C17H22N4. The summed E-state index contributed by atoms with van der Waals surface area (Å²) in [6.07, 6.45) is 5.16. The third-order valence-corrected chi connectivity index (χ3v) is 4.38. The molecule has 1 saturated heterocycles. The van der Waals surface area contributed by atoms with Crippen LogP contribution < -0.4 is 10.6 Å². The molecule has 110 valence electrons. The fraction of sp³-hybridized carbons (Fsp3) is 0.412. The van der Waals surface area contributed by atoms with Gasteiger partial charge in [-0.2, -0.15) is 0 Å². The summed E-state index contributed by atoms with van der Waals surface area (Å²) < 4.78 is 0. The second-order valence-electron chi connectivity index (χ2n) is 5.83. The standard InChI is InChI=1S/C17H22N4/c1-13-16(18)19-12-20-17(13)21-9-7-15(8-10-21)11-14-5-3-2-4-6-14/h2-6,12,15H,7-11H2,1H3,(H2,18,19,20). The average Bonchev–Trinajstić information content (AvgIpc) is 2.52. The van der Waals surface area contributed by atoms with Crippen LogP contribution in [0.1, 0.15) is 24.0 Å². The van der Waals surface area contributed by atoms with Gasteiger partial charge in [-0.1, -0.05) is 30.3 Å². The van der Waals surface area contributed by atoms with Crippen molar-refractivity contribution >= 4 is 11.6 Å². The minimum absolute atomic E-state index is 0.589. The second kappa shape index (κ2) is 6.12. The number of anilines is 2. The molecule has 3 rings (SSSR count). The molecule has 4 heteroatoms. The number of hydrogen-bond acceptors (Lipinski definition) is 4. The SMILES string of the molecule is Cc1c(N)ncnc1N1CCC(Cc2ccccc2)CC1. The van der Waals surface area contributed by atoms with Gasteiger partial charge in [-0.05, 0) is 37.7 Å². The van der Waals surface area contributed by atoms with Crippen LogP contribution in [0.2, 0.25) is 0 Å². The lowest BCUT2D eigenvalue weighted by Gasteiger charge is -2.33. The van der Waals surface area contributed by atoms with E-state index in [0.717, 1.165) is 30.4 Å². The van der Waals surface area contributed by atoms with Gasteiger partial charge in [0, 0.05) is 18.7 Å². The fourth-order valence-corrected chi connectivity index (χ4v) is 3.07. The first-order valence-electron chi connectivity index (χ1n) is 7.60. The Morgan fingerprint density at radius 3 is 2.57 bits per heavy atom. The van der Waals surface area contributed by atoms with Gasteiger partial charge in [-0.15, -0.1) is 0 Å². The van der Waals surface area contributed by atoms with Gasteiger partial charge in [0.2, 0.25) is 0 Å². The van der Waals surface area contributed by atoms with E-state index in [1.54, 1.807) is 6.33 Å². The van der Waals surface area contributed by atoms with E-state index in [2.05, 4.69) is 45.2 Å². The third-order valence-electron chi connectivity index (χ3n) is 4.38. The van der Waals surface area contributed by atoms with Gasteiger partial charge in [0.05, 0.1) is 0 Å². The highest BCUT2D eigenvalue weighted by Crippen LogP contribution is 2.27. The van der Waals surface area contributed by atoms with Gasteiger partial charge in [0.25, 0.3) is 0 Å². The molecule has 2 heterocycles. The van der Waals surface area contributed by atoms with Crippen LogP contribution in [0.25, 0.3) is 0 Å². The first kappa shape index (κ1) is 13.9. The van der Waals surface area contributed by atoms with Crippen molar-refractivity contribution in [2.75, 3.05) is 23.7 Å². The molecule has 4 nitrogen and oxygen atoms in total. The lowest BCUT2D eigenvalue weighted by molar-refractivity contribution is 0.402. The maximum absolute atomic E-state index is 5.88. The Kier molecular flexibility index (Phi) is 4.04. The smallest absolute Gasteiger partial charge is 0.137 e. The van der Waals surface area contributed by atoms with Crippen molar-refractivity contribution in [1.82, 2.24) is 9.97 Å². The highest BCUT2D eigenvalue weighted by Gasteiger charge is 2.22. The van der Waals surface area contributed by atoms with Crippen LogP contribution in [-0.4, -0.2) is 23.1 Å². The van der Waals surface area contributed by atoms with Crippen LogP contribution in [0.5, 0.6) is 0 Å². The maximum atomic E-state index is 5.88. The summed E-state index contributed by atoms with van der Waals surface area (Å²) in [5, 5.41) is 0. The van der Waals surface area contributed by atoms with Crippen molar-refractivity contribution in [2.45, 2.75) is 26.2 Å². The van der Waals surface area contributed by atoms with E-state index in [-0.39, 0.29) is 0 Å². The topological polar surface area (TPSA) is 55.0 Å². The molecular weight excluding hydrogens is 260 g/mol. The van der Waals surface area contributed by atoms with E-state index >= 15 is 0 Å². The molecule has 1 aliphatic heterocycles. The molecule has 0 aliphatic carbocycles. The summed E-state index contributed by atoms with van der Waals surface area (Å²) in [7, 11) is 0. The van der Waals surface area contributed by atoms with Gasteiger partial charge in [-0.25, -0.2) is 9.97 Å². The number of nitrogens with zero attached hydrogens (tertiary/aromatic N) is 3. The number of benzene rings is 1. The number of piperidine rings is 1. The Morgan fingerprint density at radius 2 is 1.86 bits per heavy atom. The molecule has 0 atom stereocenters. The van der Waals surface area contributed by atoms with Crippen LogP contribution >= 0.6 is 0 Å². The summed E-state index contributed by atoms with van der Waals surface area (Å²) in [6.45, 7) is 4.10. The van der Waals surface area contributed by atoms with E-state index in [1.165, 1.54) is 24.8 Å². The number of rotatable bonds is 3. The van der Waals surface area contributed by atoms with Crippen LogP contribution in [0.4, 0.5) is 11.6 Å². The first-order chi connectivity index (χ1) is 10.2. The fourth-order valence-electron chi connectivity index (χ4n) is 3.07. The van der Waals surface area contributed by atoms with Crippen molar-refractivity contribution in [3.05, 3.63) is 47.8 Å². The second-order valence-corrected chi connectivity index (χ2v) is 5.83. The summed E-state index contributed by atoms with van der Waals surface area (Å²) in [4.78, 5) is 10.8. The van der Waals surface area contributed by atoms with Crippen molar-refractivity contribution in [1.29, 1.82) is 0 Å². The molecule has 0 radical (unpaired) electrons. The van der Waals surface area contributed by atoms with Crippen molar-refractivity contribution in [2.24, 2.45) is 5.92 Å². The lowest BCUT2D eigenvalue weighted by atomic mass is 9.90. The lowest BCUT2D eigenvalue weighted by Crippen LogP contribution is -2.35. The maximum Gasteiger partial charge on any atom is 0.137 e. The normalized spacial score (nSPS) is 16.1. The van der Waals surface area contributed by atoms with Crippen LogP contribution in [0.3, 0.4) is 0 Å². The monoisotopic (exact) mass is 282 g/mol. The van der Waals surface area contributed by atoms with Crippen molar-refractivity contribution in [3.8, 4) is 0 Å². The predicted octanol–water partition coefficient (Wildman–Crippen LogP) is 2.83. The zero-order chi connectivity index (χ0) is 14.7. The number of nitrogens with two attached hydrogens (primary N) is 1. The molecule has 1 aliphatic rings. The van der Waals surface area contributed by atoms with Crippen LogP contribution in [-0.2, 0) is 6.42 Å². The molecule has 0 unspecified atom stereocenters. The Bertz CT molecular complexity index is 589. The van der Waals surface area contributed by atoms with E-state index in [4.69, 9.17) is 5.73 Å². The van der Waals surface area contributed by atoms with Crippen LogP contribution in [0, 0.1) is 12.8 Å². The molecule has 21 heavy (non-hydrogen) atoms. The number of hydrogen-bond donors (Lipinski definition) is 1. The average molecular weight is 282 g/mol. The Balaban J connectivity index is 1.61. The molecule has 1 aromatic carbocycles. The van der Waals surface area contributed by atoms with Crippen molar-refractivity contribution in [3.63, 3.8) is 0 Å². The molecule has 2 N–H and O–H groups in total. The van der Waals surface area contributed by atoms with E-state index in [0.29, 0.717) is 5.82 Å². The van der Waals surface area contributed by atoms with Gasteiger partial charge < -0.3 is 10.6 Å². The minimum Gasteiger partial charge on any atom is -0.383 e. The Hall–Kier alpha value is -2.10. The minimum atomic E-state index is 0.589. The largest absolute Gasteiger partial charge is 0.383 e. The van der Waals surface area contributed by atoms with E-state index in [9.17, 15) is 0 Å². The van der Waals surface area contributed by atoms with Gasteiger partial charge in [-0.3, -0.25) is 0 Å². The molecule has 0 amide bonds. The van der Waals surface area contributed by atoms with E-state index in [1.807, 2.05) is 6.92 Å².